The summed E-state index contributed by atoms with van der Waals surface area (Å²) >= 11 is 0. The third-order valence-corrected chi connectivity index (χ3v) is 15.8. The lowest BCUT2D eigenvalue weighted by atomic mass is 11.7. The molecular weight excluding hydrogens is 199 g/mol. The minimum Gasteiger partial charge on any atom is -0.144 e. The molecule has 63 valence electrons. The van der Waals surface area contributed by atoms with Crippen molar-refractivity contribution in [3.63, 3.8) is 0 Å². The van der Waals surface area contributed by atoms with Crippen molar-refractivity contribution in [2.75, 3.05) is 0 Å². The fourth-order valence-electron chi connectivity index (χ4n) is 1.46. The number of hydrogen-bond acceptors (Lipinski definition) is 0. The molecule has 0 unspecified atom stereocenters. The molecule has 0 fully saturated rings. The first-order valence-electron chi connectivity index (χ1n) is 3.95. The van der Waals surface area contributed by atoms with E-state index in [0.717, 1.165) is 0 Å². The van der Waals surface area contributed by atoms with E-state index < -0.39 is 16.1 Å². The predicted molar refractivity (Wildman–Crippen MR) is 64.4 cm³/mol. The van der Waals surface area contributed by atoms with Crippen molar-refractivity contribution in [1.82, 2.24) is 0 Å². The molecule has 0 spiro atoms. The van der Waals surface area contributed by atoms with Gasteiger partial charge in [-0.2, -0.15) is 0 Å². The van der Waals surface area contributed by atoms with E-state index in [-0.39, 0.29) is 0 Å². The molecule has 0 bridgehead atoms. The van der Waals surface area contributed by atoms with Crippen LogP contribution < -0.4 is 0 Å². The van der Waals surface area contributed by atoms with Crippen LogP contribution in [0.3, 0.4) is 0 Å². The Morgan fingerprint density at radius 1 is 0.909 bits per heavy atom. The smallest absolute Gasteiger partial charge is 0.107 e. The molecule has 0 heterocycles. The van der Waals surface area contributed by atoms with Gasteiger partial charge in [0.15, 0.2) is 0 Å². The fourth-order valence-corrected chi connectivity index (χ4v) is 19.2. The van der Waals surface area contributed by atoms with Crippen LogP contribution in [-0.2, 0) is 0 Å². The van der Waals surface area contributed by atoms with Crippen LogP contribution in [-0.4, -0.2) is 30.6 Å². The number of rotatable bonds is 2. The van der Waals surface area contributed by atoms with Crippen molar-refractivity contribution in [3.05, 3.63) is 0 Å². The number of hydrogen-bond donors (Lipinski definition) is 0. The van der Waals surface area contributed by atoms with E-state index >= 15 is 0 Å². The largest absolute Gasteiger partial charge is 0.144 e. The standard InChI is InChI=1S/C7H18PSi3/c1-10(2,3)7(8-9)11(4,5)6/h1-6H3. The minimum atomic E-state index is -1.00. The van der Waals surface area contributed by atoms with E-state index in [2.05, 4.69) is 49.2 Å². The molecule has 3 radical (unpaired) electrons. The van der Waals surface area contributed by atoms with E-state index in [4.69, 9.17) is 0 Å². The molecule has 11 heavy (non-hydrogen) atoms. The van der Waals surface area contributed by atoms with Crippen LogP contribution in [0.2, 0.25) is 39.3 Å². The third kappa shape index (κ3) is 3.83. The molecule has 0 aliphatic heterocycles. The van der Waals surface area contributed by atoms with Gasteiger partial charge in [0, 0.05) is 0 Å². The zero-order valence-corrected chi connectivity index (χ0v) is 12.3. The summed E-state index contributed by atoms with van der Waals surface area (Å²) in [6, 6.07) is 0. The molecule has 0 aromatic rings. The van der Waals surface area contributed by atoms with E-state index in [1.165, 1.54) is 7.75 Å². The van der Waals surface area contributed by atoms with Gasteiger partial charge in [0.2, 0.25) is 0 Å². The first-order chi connectivity index (χ1) is 4.69. The third-order valence-electron chi connectivity index (χ3n) is 1.53. The molecule has 0 N–H and O–H groups in total. The Morgan fingerprint density at radius 3 is 1.18 bits per heavy atom. The van der Waals surface area contributed by atoms with Crippen molar-refractivity contribution >= 4 is 38.3 Å². The highest BCUT2D eigenvalue weighted by atomic mass is 31.3. The molecule has 0 saturated heterocycles. The van der Waals surface area contributed by atoms with Gasteiger partial charge in [-0.15, -0.1) is 7.75 Å². The van der Waals surface area contributed by atoms with E-state index in [0.29, 0.717) is 0 Å². The lowest BCUT2D eigenvalue weighted by Crippen LogP contribution is -2.48. The highest BCUT2D eigenvalue weighted by Gasteiger charge is 2.30. The van der Waals surface area contributed by atoms with Crippen molar-refractivity contribution in [1.29, 1.82) is 0 Å². The van der Waals surface area contributed by atoms with Crippen LogP contribution in [0.15, 0.2) is 0 Å². The van der Waals surface area contributed by atoms with Gasteiger partial charge in [-0.05, 0) is 0 Å². The van der Waals surface area contributed by atoms with Crippen LogP contribution in [0.4, 0.5) is 0 Å². The van der Waals surface area contributed by atoms with E-state index in [9.17, 15) is 0 Å². The zero-order chi connectivity index (χ0) is 9.28. The van der Waals surface area contributed by atoms with Gasteiger partial charge in [0.25, 0.3) is 0 Å². The molecule has 0 atom stereocenters. The zero-order valence-electron chi connectivity index (χ0n) is 8.45. The van der Waals surface area contributed by atoms with Gasteiger partial charge in [0.05, 0.1) is 16.1 Å². The lowest BCUT2D eigenvalue weighted by Gasteiger charge is -2.30. The van der Waals surface area contributed by atoms with Gasteiger partial charge in [0.1, 0.15) is 9.91 Å². The molecular formula is C7H18PSi3. The monoisotopic (exact) mass is 217 g/mol. The summed E-state index contributed by atoms with van der Waals surface area (Å²) < 4.78 is 1.82. The van der Waals surface area contributed by atoms with Gasteiger partial charge < -0.3 is 0 Å². The Labute approximate surface area is 77.9 Å². The van der Waals surface area contributed by atoms with Gasteiger partial charge >= 0.3 is 0 Å². The summed E-state index contributed by atoms with van der Waals surface area (Å²) in [6.45, 7) is 14.6. The van der Waals surface area contributed by atoms with Crippen molar-refractivity contribution in [2.45, 2.75) is 39.3 Å². The summed E-state index contributed by atoms with van der Waals surface area (Å²) in [5, 5.41) is 0. The first kappa shape index (κ1) is 11.8. The van der Waals surface area contributed by atoms with Crippen molar-refractivity contribution in [2.24, 2.45) is 0 Å². The summed E-state index contributed by atoms with van der Waals surface area (Å²) in [6.07, 6.45) is 0. The summed E-state index contributed by atoms with van der Waals surface area (Å²) in [4.78, 5) is 0. The van der Waals surface area contributed by atoms with Gasteiger partial charge in [-0.1, -0.05) is 43.8 Å². The first-order valence-corrected chi connectivity index (χ1v) is 13.2. The molecule has 0 amide bonds. The van der Waals surface area contributed by atoms with Crippen LogP contribution in [0, 0.1) is 0 Å². The topological polar surface area (TPSA) is 0 Å². The maximum Gasteiger partial charge on any atom is 0.107 e. The summed E-state index contributed by atoms with van der Waals surface area (Å²) in [5.41, 5.74) is 0. The van der Waals surface area contributed by atoms with Crippen molar-refractivity contribution in [3.8, 4) is 0 Å². The minimum absolute atomic E-state index is 1.00. The second kappa shape index (κ2) is 3.69. The van der Waals surface area contributed by atoms with E-state index in [1.807, 2.05) is 4.54 Å². The van der Waals surface area contributed by atoms with Gasteiger partial charge in [-0.3, -0.25) is 0 Å². The second-order valence-corrected chi connectivity index (χ2v) is 17.6. The molecule has 0 aliphatic rings. The van der Waals surface area contributed by atoms with Crippen LogP contribution in [0.25, 0.3) is 0 Å². The summed E-state index contributed by atoms with van der Waals surface area (Å²) in [7, 11) is 2.99. The van der Waals surface area contributed by atoms with Crippen molar-refractivity contribution < 1.29 is 0 Å². The highest BCUT2D eigenvalue weighted by Crippen LogP contribution is 2.19. The fraction of sp³-hybridized carbons (Fsp3) is 0.857. The maximum absolute atomic E-state index is 3.64. The Balaban J connectivity index is 4.74. The molecule has 0 aliphatic carbocycles. The summed E-state index contributed by atoms with van der Waals surface area (Å²) in [5.74, 6) is 0. The Hall–Kier alpha value is 0.821. The lowest BCUT2D eigenvalue weighted by molar-refractivity contribution is 1.79. The second-order valence-electron chi connectivity index (χ2n) is 4.96. The normalized spacial score (nSPS) is 13.7. The average Bonchev–Trinajstić information content (AvgIpc) is 1.56. The SMILES string of the molecule is C[Si](C)(C)C(=P[Si])[Si](C)(C)C. The Kier molecular flexibility index (Phi) is 3.96. The molecule has 0 rings (SSSR count). The Bertz CT molecular complexity index is 146. The van der Waals surface area contributed by atoms with E-state index in [1.54, 1.807) is 0 Å². The average molecular weight is 217 g/mol. The molecule has 0 aromatic heterocycles. The molecule has 0 nitrogen and oxygen atoms in total. The molecule has 0 saturated carbocycles. The highest BCUT2D eigenvalue weighted by molar-refractivity contribution is 7.78. The van der Waals surface area contributed by atoms with Crippen LogP contribution in [0.1, 0.15) is 0 Å². The van der Waals surface area contributed by atoms with Gasteiger partial charge in [-0.25, -0.2) is 0 Å². The Morgan fingerprint density at radius 2 is 1.18 bits per heavy atom. The van der Waals surface area contributed by atoms with Crippen LogP contribution >= 0.6 is 7.75 Å². The maximum atomic E-state index is 3.64. The molecule has 0 aromatic carbocycles. The van der Waals surface area contributed by atoms with Crippen LogP contribution in [0.5, 0.6) is 0 Å². The predicted octanol–water partition coefficient (Wildman–Crippen LogP) is 2.94. The quantitative estimate of drug-likeness (QED) is 0.493. The molecule has 4 heteroatoms.